The molecule has 11 heavy (non-hydrogen) atoms. The van der Waals surface area contributed by atoms with Crippen molar-refractivity contribution in [3.63, 3.8) is 0 Å². The Morgan fingerprint density at radius 2 is 2.36 bits per heavy atom. The Kier molecular flexibility index (Phi) is 5.78. The van der Waals surface area contributed by atoms with Crippen molar-refractivity contribution in [3.05, 3.63) is 0 Å². The van der Waals surface area contributed by atoms with E-state index in [2.05, 4.69) is 5.48 Å². The maximum Gasteiger partial charge on any atom is 0.243 e. The molecule has 4 nitrogen and oxygen atoms in total. The number of hydrogen-bond acceptors (Lipinski definition) is 3. The summed E-state index contributed by atoms with van der Waals surface area (Å²) < 4.78 is 0. The number of rotatable bonds is 5. The van der Waals surface area contributed by atoms with Gasteiger partial charge in [-0.3, -0.25) is 9.63 Å². The second kappa shape index (κ2) is 6.12. The molecule has 66 valence electrons. The van der Waals surface area contributed by atoms with Crippen molar-refractivity contribution in [3.8, 4) is 0 Å². The van der Waals surface area contributed by atoms with Crippen molar-refractivity contribution < 1.29 is 14.7 Å². The summed E-state index contributed by atoms with van der Waals surface area (Å²) in [5.74, 6) is -0.0812. The number of hydroxylamine groups is 1. The lowest BCUT2D eigenvalue weighted by atomic mass is 10.2. The van der Waals surface area contributed by atoms with Gasteiger partial charge in [-0.05, 0) is 0 Å². The van der Waals surface area contributed by atoms with Crippen LogP contribution in [0.2, 0.25) is 0 Å². The Labute approximate surface area is 66.5 Å². The minimum atomic E-state index is -0.143. The maximum atomic E-state index is 10.6. The third-order valence-electron chi connectivity index (χ3n) is 1.19. The van der Waals surface area contributed by atoms with E-state index in [1.165, 1.54) is 0 Å². The Balaban J connectivity index is 3.20. The molecule has 0 aliphatic heterocycles. The van der Waals surface area contributed by atoms with Gasteiger partial charge >= 0.3 is 0 Å². The lowest BCUT2D eigenvalue weighted by Crippen LogP contribution is -2.25. The predicted molar refractivity (Wildman–Crippen MR) is 40.6 cm³/mol. The number of carbonyl (C=O) groups is 1. The van der Waals surface area contributed by atoms with Crippen molar-refractivity contribution in [1.29, 1.82) is 0 Å². The van der Waals surface area contributed by atoms with Gasteiger partial charge < -0.3 is 5.11 Å². The van der Waals surface area contributed by atoms with E-state index in [9.17, 15) is 4.79 Å². The van der Waals surface area contributed by atoms with E-state index in [0.29, 0.717) is 13.0 Å². The average Bonchev–Trinajstić information content (AvgIpc) is 2.04. The van der Waals surface area contributed by atoms with Crippen LogP contribution in [0.5, 0.6) is 0 Å². The molecule has 0 rings (SSSR count). The quantitative estimate of drug-likeness (QED) is 0.561. The van der Waals surface area contributed by atoms with Crippen LogP contribution < -0.4 is 5.48 Å². The first-order chi connectivity index (χ1) is 5.20. The molecule has 0 aliphatic carbocycles. The summed E-state index contributed by atoms with van der Waals surface area (Å²) in [6.07, 6.45) is 0.410. The number of aliphatic hydroxyl groups is 1. The fraction of sp³-hybridized carbons (Fsp3) is 0.857. The van der Waals surface area contributed by atoms with Crippen molar-refractivity contribution in [2.45, 2.75) is 20.3 Å². The lowest BCUT2D eigenvalue weighted by molar-refractivity contribution is -0.134. The zero-order chi connectivity index (χ0) is 8.69. The molecule has 0 saturated carbocycles. The molecule has 0 bridgehead atoms. The van der Waals surface area contributed by atoms with E-state index in [1.807, 2.05) is 6.92 Å². The number of aliphatic hydroxyl groups excluding tert-OH is 1. The molecule has 1 atom stereocenters. The van der Waals surface area contributed by atoms with Crippen LogP contribution in [0.1, 0.15) is 20.3 Å². The van der Waals surface area contributed by atoms with Crippen LogP contribution in [0.4, 0.5) is 0 Å². The van der Waals surface area contributed by atoms with Crippen LogP contribution in [0, 0.1) is 5.92 Å². The predicted octanol–water partition coefficient (Wildman–Crippen LogP) is 0.0726. The third kappa shape index (κ3) is 5.82. The first-order valence-corrected chi connectivity index (χ1v) is 3.72. The van der Waals surface area contributed by atoms with Crippen LogP contribution in [-0.2, 0) is 9.63 Å². The Morgan fingerprint density at radius 1 is 1.73 bits per heavy atom. The Bertz CT molecular complexity index is 116. The van der Waals surface area contributed by atoms with Crippen LogP contribution in [0.3, 0.4) is 0 Å². The van der Waals surface area contributed by atoms with Crippen molar-refractivity contribution in [1.82, 2.24) is 5.48 Å². The zero-order valence-corrected chi connectivity index (χ0v) is 6.96. The monoisotopic (exact) mass is 161 g/mol. The first kappa shape index (κ1) is 10.4. The van der Waals surface area contributed by atoms with Gasteiger partial charge in [0.25, 0.3) is 0 Å². The van der Waals surface area contributed by atoms with E-state index in [1.54, 1.807) is 6.92 Å². The summed E-state index contributed by atoms with van der Waals surface area (Å²) in [7, 11) is 0. The fourth-order valence-corrected chi connectivity index (χ4v) is 0.389. The molecule has 4 heteroatoms. The molecule has 0 radical (unpaired) electrons. The second-order valence-corrected chi connectivity index (χ2v) is 2.48. The van der Waals surface area contributed by atoms with Gasteiger partial charge in [-0.2, -0.15) is 0 Å². The Hall–Kier alpha value is -0.610. The summed E-state index contributed by atoms with van der Waals surface area (Å²) in [6.45, 7) is 4.00. The molecule has 0 aromatic heterocycles. The maximum absolute atomic E-state index is 10.6. The minimum Gasteiger partial charge on any atom is -0.396 e. The molecular formula is C7H15NO3. The van der Waals surface area contributed by atoms with E-state index in [4.69, 9.17) is 9.94 Å². The van der Waals surface area contributed by atoms with Gasteiger partial charge in [0.15, 0.2) is 0 Å². The molecular weight excluding hydrogens is 146 g/mol. The highest BCUT2D eigenvalue weighted by atomic mass is 16.7. The number of nitrogens with one attached hydrogen (secondary N) is 1. The van der Waals surface area contributed by atoms with Crippen LogP contribution in [-0.4, -0.2) is 24.2 Å². The van der Waals surface area contributed by atoms with Crippen LogP contribution >= 0.6 is 0 Å². The summed E-state index contributed by atoms with van der Waals surface area (Å²) in [5, 5.41) is 8.56. The van der Waals surface area contributed by atoms with Gasteiger partial charge in [0.05, 0.1) is 6.61 Å². The van der Waals surface area contributed by atoms with Crippen LogP contribution in [0.25, 0.3) is 0 Å². The molecule has 0 heterocycles. The van der Waals surface area contributed by atoms with E-state index in [0.717, 1.165) is 0 Å². The lowest BCUT2D eigenvalue weighted by Gasteiger charge is -2.08. The zero-order valence-electron chi connectivity index (χ0n) is 6.96. The number of hydrogen-bond donors (Lipinski definition) is 2. The molecule has 0 aliphatic rings. The van der Waals surface area contributed by atoms with Gasteiger partial charge in [0.2, 0.25) is 5.91 Å². The van der Waals surface area contributed by atoms with E-state index < -0.39 is 0 Å². The van der Waals surface area contributed by atoms with Gasteiger partial charge in [-0.1, -0.05) is 13.8 Å². The smallest absolute Gasteiger partial charge is 0.243 e. The SMILES string of the molecule is CCC(=O)NOC[C@H](C)CO. The van der Waals surface area contributed by atoms with Gasteiger partial charge in [0.1, 0.15) is 0 Å². The van der Waals surface area contributed by atoms with Gasteiger partial charge in [0, 0.05) is 18.9 Å². The Morgan fingerprint density at radius 3 is 2.82 bits per heavy atom. The normalized spacial score (nSPS) is 12.6. The average molecular weight is 161 g/mol. The highest BCUT2D eigenvalue weighted by Gasteiger charge is 2.00. The van der Waals surface area contributed by atoms with Crippen molar-refractivity contribution in [2.24, 2.45) is 5.92 Å². The van der Waals surface area contributed by atoms with Gasteiger partial charge in [-0.25, -0.2) is 5.48 Å². The highest BCUT2D eigenvalue weighted by Crippen LogP contribution is 1.91. The van der Waals surface area contributed by atoms with E-state index >= 15 is 0 Å². The molecule has 1 amide bonds. The summed E-state index contributed by atoms with van der Waals surface area (Å²) in [6, 6.07) is 0. The number of amides is 1. The van der Waals surface area contributed by atoms with Crippen LogP contribution in [0.15, 0.2) is 0 Å². The number of carbonyl (C=O) groups excluding carboxylic acids is 1. The molecule has 0 spiro atoms. The van der Waals surface area contributed by atoms with Gasteiger partial charge in [-0.15, -0.1) is 0 Å². The molecule has 2 N–H and O–H groups in total. The molecule has 0 aromatic carbocycles. The summed E-state index contributed by atoms with van der Waals surface area (Å²) in [4.78, 5) is 15.4. The molecule has 0 aromatic rings. The topological polar surface area (TPSA) is 58.6 Å². The van der Waals surface area contributed by atoms with E-state index in [-0.39, 0.29) is 18.4 Å². The first-order valence-electron chi connectivity index (χ1n) is 3.72. The molecule has 0 fully saturated rings. The summed E-state index contributed by atoms with van der Waals surface area (Å²) in [5.41, 5.74) is 2.25. The minimum absolute atomic E-state index is 0.0622. The molecule has 0 saturated heterocycles. The summed E-state index contributed by atoms with van der Waals surface area (Å²) >= 11 is 0. The molecule has 0 unspecified atom stereocenters. The standard InChI is InChI=1S/C7H15NO3/c1-3-7(10)8-11-5-6(2)4-9/h6,9H,3-5H2,1-2H3,(H,8,10)/t6-/m1/s1. The largest absolute Gasteiger partial charge is 0.396 e. The second-order valence-electron chi connectivity index (χ2n) is 2.48. The fourth-order valence-electron chi connectivity index (χ4n) is 0.389. The van der Waals surface area contributed by atoms with Crippen molar-refractivity contribution in [2.75, 3.05) is 13.2 Å². The third-order valence-corrected chi connectivity index (χ3v) is 1.19. The highest BCUT2D eigenvalue weighted by molar-refractivity contribution is 5.74. The van der Waals surface area contributed by atoms with Crippen molar-refractivity contribution >= 4 is 5.91 Å².